The summed E-state index contributed by atoms with van der Waals surface area (Å²) in [5.41, 5.74) is 1.93. The van der Waals surface area contributed by atoms with Crippen LogP contribution in [0.4, 0.5) is 0 Å². The largest absolute Gasteiger partial charge is 0.323 e. The molecule has 1 aromatic heterocycles. The molecule has 2 aromatic rings. The molecule has 0 aliphatic heterocycles. The highest BCUT2D eigenvalue weighted by Crippen LogP contribution is 2.33. The Bertz CT molecular complexity index is 546. The van der Waals surface area contributed by atoms with Crippen molar-refractivity contribution in [1.29, 1.82) is 0 Å². The van der Waals surface area contributed by atoms with Gasteiger partial charge in [-0.25, -0.2) is 4.98 Å². The summed E-state index contributed by atoms with van der Waals surface area (Å²) in [6.45, 7) is 6.32. The minimum atomic E-state index is -0.118. The molecule has 0 aliphatic carbocycles. The van der Waals surface area contributed by atoms with Crippen LogP contribution in [0.2, 0.25) is 5.02 Å². The zero-order valence-corrected chi connectivity index (χ0v) is 12.5. The fourth-order valence-corrected chi connectivity index (χ4v) is 2.81. The predicted molar refractivity (Wildman–Crippen MR) is 78.6 cm³/mol. The standard InChI is InChI=1S/C14H18Cl2N2/c1-4-6-9(2)18-13-11(16)7-5-8-12(13)17-14(18)10(3)15/h5,7-10H,4,6H2,1-3H3. The van der Waals surface area contributed by atoms with Crippen molar-refractivity contribution in [2.45, 2.75) is 45.0 Å². The lowest BCUT2D eigenvalue weighted by Crippen LogP contribution is -2.10. The normalized spacial score (nSPS) is 14.9. The topological polar surface area (TPSA) is 17.8 Å². The molecule has 1 heterocycles. The second-order valence-corrected chi connectivity index (χ2v) is 5.76. The summed E-state index contributed by atoms with van der Waals surface area (Å²) in [7, 11) is 0. The molecule has 0 spiro atoms. The summed E-state index contributed by atoms with van der Waals surface area (Å²) in [6, 6.07) is 6.17. The number of fused-ring (bicyclic) bond motifs is 1. The number of alkyl halides is 1. The summed E-state index contributed by atoms with van der Waals surface area (Å²) in [5, 5.41) is 0.624. The minimum absolute atomic E-state index is 0.118. The molecule has 2 nitrogen and oxygen atoms in total. The van der Waals surface area contributed by atoms with Gasteiger partial charge in [0.2, 0.25) is 0 Å². The molecule has 18 heavy (non-hydrogen) atoms. The van der Waals surface area contributed by atoms with Gasteiger partial charge < -0.3 is 4.57 Å². The maximum absolute atomic E-state index is 6.32. The first-order valence-corrected chi connectivity index (χ1v) is 7.18. The van der Waals surface area contributed by atoms with Gasteiger partial charge in [-0.3, -0.25) is 0 Å². The Morgan fingerprint density at radius 1 is 1.33 bits per heavy atom. The molecule has 0 aliphatic rings. The SMILES string of the molecule is CCCC(C)n1c(C(C)Cl)nc2cccc(Cl)c21. The monoisotopic (exact) mass is 284 g/mol. The van der Waals surface area contributed by atoms with Crippen LogP contribution in [0.1, 0.15) is 50.9 Å². The number of para-hydroxylation sites is 1. The third-order valence-electron chi connectivity index (χ3n) is 3.19. The number of halogens is 2. The molecule has 0 amide bonds. The maximum atomic E-state index is 6.32. The maximum Gasteiger partial charge on any atom is 0.128 e. The molecule has 2 atom stereocenters. The van der Waals surface area contributed by atoms with Gasteiger partial charge in [-0.1, -0.05) is 31.0 Å². The van der Waals surface area contributed by atoms with E-state index in [1.807, 2.05) is 25.1 Å². The minimum Gasteiger partial charge on any atom is -0.323 e. The smallest absolute Gasteiger partial charge is 0.128 e. The lowest BCUT2D eigenvalue weighted by atomic mass is 10.2. The molecule has 0 saturated heterocycles. The van der Waals surface area contributed by atoms with Crippen LogP contribution in [-0.2, 0) is 0 Å². The summed E-state index contributed by atoms with van der Waals surface area (Å²) < 4.78 is 2.19. The molecule has 2 rings (SSSR count). The van der Waals surface area contributed by atoms with E-state index in [1.54, 1.807) is 0 Å². The van der Waals surface area contributed by atoms with E-state index >= 15 is 0 Å². The van der Waals surface area contributed by atoms with Crippen molar-refractivity contribution < 1.29 is 0 Å². The van der Waals surface area contributed by atoms with E-state index in [0.717, 1.165) is 34.7 Å². The van der Waals surface area contributed by atoms with Crippen molar-refractivity contribution >= 4 is 34.2 Å². The number of benzene rings is 1. The predicted octanol–water partition coefficient (Wildman–Crippen LogP) is 5.35. The fraction of sp³-hybridized carbons (Fsp3) is 0.500. The van der Waals surface area contributed by atoms with Crippen LogP contribution in [0.25, 0.3) is 11.0 Å². The summed E-state index contributed by atoms with van der Waals surface area (Å²) in [5.74, 6) is 0.903. The van der Waals surface area contributed by atoms with E-state index in [-0.39, 0.29) is 5.38 Å². The molecular weight excluding hydrogens is 267 g/mol. The molecule has 98 valence electrons. The third kappa shape index (κ3) is 2.36. The number of hydrogen-bond donors (Lipinski definition) is 0. The molecular formula is C14H18Cl2N2. The number of imidazole rings is 1. The van der Waals surface area contributed by atoms with Gasteiger partial charge in [0.1, 0.15) is 5.82 Å². The van der Waals surface area contributed by atoms with Gasteiger partial charge >= 0.3 is 0 Å². The van der Waals surface area contributed by atoms with Crippen LogP contribution in [0.15, 0.2) is 18.2 Å². The van der Waals surface area contributed by atoms with Crippen molar-refractivity contribution in [3.05, 3.63) is 29.0 Å². The molecule has 0 bridgehead atoms. The Balaban J connectivity index is 2.68. The van der Waals surface area contributed by atoms with E-state index in [9.17, 15) is 0 Å². The highest BCUT2D eigenvalue weighted by molar-refractivity contribution is 6.35. The van der Waals surface area contributed by atoms with Crippen LogP contribution in [0.5, 0.6) is 0 Å². The van der Waals surface area contributed by atoms with E-state index in [1.165, 1.54) is 0 Å². The lowest BCUT2D eigenvalue weighted by Gasteiger charge is -2.18. The van der Waals surface area contributed by atoms with Gasteiger partial charge in [0, 0.05) is 6.04 Å². The van der Waals surface area contributed by atoms with Gasteiger partial charge in [0.05, 0.1) is 21.4 Å². The van der Waals surface area contributed by atoms with Crippen LogP contribution in [0.3, 0.4) is 0 Å². The zero-order chi connectivity index (χ0) is 13.3. The van der Waals surface area contributed by atoms with Crippen molar-refractivity contribution in [3.63, 3.8) is 0 Å². The van der Waals surface area contributed by atoms with Gasteiger partial charge in [-0.15, -0.1) is 11.6 Å². The number of nitrogens with zero attached hydrogens (tertiary/aromatic N) is 2. The highest BCUT2D eigenvalue weighted by atomic mass is 35.5. The zero-order valence-electron chi connectivity index (χ0n) is 11.0. The van der Waals surface area contributed by atoms with Crippen LogP contribution in [-0.4, -0.2) is 9.55 Å². The number of rotatable bonds is 4. The molecule has 0 radical (unpaired) electrons. The molecule has 0 N–H and O–H groups in total. The average Bonchev–Trinajstić information content (AvgIpc) is 2.70. The highest BCUT2D eigenvalue weighted by Gasteiger charge is 2.20. The second-order valence-electron chi connectivity index (χ2n) is 4.70. The van der Waals surface area contributed by atoms with Gasteiger partial charge in [-0.2, -0.15) is 0 Å². The third-order valence-corrected chi connectivity index (χ3v) is 3.69. The van der Waals surface area contributed by atoms with Crippen LogP contribution < -0.4 is 0 Å². The first kappa shape index (κ1) is 13.7. The molecule has 0 saturated carbocycles. The Morgan fingerprint density at radius 3 is 2.67 bits per heavy atom. The van der Waals surface area contributed by atoms with E-state index in [2.05, 4.69) is 23.4 Å². The Kier molecular flexibility index (Phi) is 4.18. The second kappa shape index (κ2) is 5.50. The van der Waals surface area contributed by atoms with Gasteiger partial charge in [0.15, 0.2) is 0 Å². The fourth-order valence-electron chi connectivity index (χ4n) is 2.40. The van der Waals surface area contributed by atoms with Crippen LogP contribution >= 0.6 is 23.2 Å². The van der Waals surface area contributed by atoms with Gasteiger partial charge in [-0.05, 0) is 32.4 Å². The average molecular weight is 285 g/mol. The Hall–Kier alpha value is -0.730. The van der Waals surface area contributed by atoms with E-state index in [4.69, 9.17) is 23.2 Å². The summed E-state index contributed by atoms with van der Waals surface area (Å²) in [6.07, 6.45) is 2.22. The first-order valence-electron chi connectivity index (χ1n) is 6.36. The molecule has 4 heteroatoms. The lowest BCUT2D eigenvalue weighted by molar-refractivity contribution is 0.494. The van der Waals surface area contributed by atoms with Crippen molar-refractivity contribution in [2.75, 3.05) is 0 Å². The van der Waals surface area contributed by atoms with E-state index < -0.39 is 0 Å². The summed E-state index contributed by atoms with van der Waals surface area (Å²) in [4.78, 5) is 4.62. The quantitative estimate of drug-likeness (QED) is 0.692. The Morgan fingerprint density at radius 2 is 2.06 bits per heavy atom. The van der Waals surface area contributed by atoms with Crippen molar-refractivity contribution in [2.24, 2.45) is 0 Å². The number of aromatic nitrogens is 2. The molecule has 0 fully saturated rings. The van der Waals surface area contributed by atoms with Crippen molar-refractivity contribution in [1.82, 2.24) is 9.55 Å². The molecule has 2 unspecified atom stereocenters. The van der Waals surface area contributed by atoms with E-state index in [0.29, 0.717) is 6.04 Å². The van der Waals surface area contributed by atoms with Crippen LogP contribution in [0, 0.1) is 0 Å². The summed E-state index contributed by atoms with van der Waals surface area (Å²) >= 11 is 12.6. The first-order chi connectivity index (χ1) is 8.56. The molecule has 1 aromatic carbocycles. The van der Waals surface area contributed by atoms with Crippen molar-refractivity contribution in [3.8, 4) is 0 Å². The van der Waals surface area contributed by atoms with Gasteiger partial charge in [0.25, 0.3) is 0 Å². The number of hydrogen-bond acceptors (Lipinski definition) is 1. The Labute approximate surface area is 118 Å².